The van der Waals surface area contributed by atoms with Gasteiger partial charge in [0.05, 0.1) is 0 Å². The maximum absolute atomic E-state index is 12.1. The third-order valence-electron chi connectivity index (χ3n) is 4.33. The molecule has 1 aromatic rings. The zero-order valence-electron chi connectivity index (χ0n) is 15.2. The molecule has 1 aliphatic rings. The quantitative estimate of drug-likeness (QED) is 0.840. The van der Waals surface area contributed by atoms with Crippen LogP contribution < -0.4 is 4.90 Å². The van der Waals surface area contributed by atoms with Crippen molar-refractivity contribution in [3.8, 4) is 0 Å². The largest absolute Gasteiger partial charge is 0.356 e. The van der Waals surface area contributed by atoms with Crippen molar-refractivity contribution >= 4 is 11.8 Å². The summed E-state index contributed by atoms with van der Waals surface area (Å²) in [4.78, 5) is 27.0. The number of hydrogen-bond donors (Lipinski definition) is 0. The lowest BCUT2D eigenvalue weighted by Crippen LogP contribution is -2.48. The number of hydrogen-bond acceptors (Lipinski definition) is 4. The molecule has 23 heavy (non-hydrogen) atoms. The molecule has 128 valence electrons. The first kappa shape index (κ1) is 17.5. The monoisotopic (exact) mass is 319 g/mol. The Morgan fingerprint density at radius 1 is 1.22 bits per heavy atom. The Morgan fingerprint density at radius 2 is 1.83 bits per heavy atom. The Kier molecular flexibility index (Phi) is 5.12. The van der Waals surface area contributed by atoms with Gasteiger partial charge in [-0.25, -0.2) is 14.8 Å². The van der Waals surface area contributed by atoms with Crippen molar-refractivity contribution < 1.29 is 4.79 Å². The van der Waals surface area contributed by atoms with Gasteiger partial charge in [0, 0.05) is 51.9 Å². The minimum atomic E-state index is -0.0489. The van der Waals surface area contributed by atoms with Gasteiger partial charge in [-0.2, -0.15) is 0 Å². The molecule has 1 aliphatic heterocycles. The summed E-state index contributed by atoms with van der Waals surface area (Å²) in [6, 6.07) is 2.34. The van der Waals surface area contributed by atoms with Crippen molar-refractivity contribution in [1.29, 1.82) is 0 Å². The van der Waals surface area contributed by atoms with Gasteiger partial charge in [0.1, 0.15) is 11.6 Å². The molecule has 2 rings (SSSR count). The summed E-state index contributed by atoms with van der Waals surface area (Å²) in [7, 11) is 5.48. The molecule has 1 aromatic heterocycles. The minimum absolute atomic E-state index is 0.0489. The molecule has 0 unspecified atom stereocenters. The van der Waals surface area contributed by atoms with Gasteiger partial charge < -0.3 is 14.7 Å². The Morgan fingerprint density at radius 3 is 2.35 bits per heavy atom. The van der Waals surface area contributed by atoms with Gasteiger partial charge in [-0.1, -0.05) is 20.8 Å². The molecule has 6 heteroatoms. The fourth-order valence-corrected chi connectivity index (χ4v) is 2.84. The third-order valence-corrected chi connectivity index (χ3v) is 4.33. The second kappa shape index (κ2) is 6.72. The highest BCUT2D eigenvalue weighted by molar-refractivity contribution is 5.73. The summed E-state index contributed by atoms with van der Waals surface area (Å²) in [5.41, 5.74) is -0.0489. The fourth-order valence-electron chi connectivity index (χ4n) is 2.84. The summed E-state index contributed by atoms with van der Waals surface area (Å²) in [6.07, 6.45) is 3.77. The Bertz CT molecular complexity index is 544. The highest BCUT2D eigenvalue weighted by Crippen LogP contribution is 2.24. The number of carbonyl (C=O) groups is 1. The number of rotatable bonds is 2. The summed E-state index contributed by atoms with van der Waals surface area (Å²) in [6.45, 7) is 8.20. The first-order chi connectivity index (χ1) is 10.7. The third kappa shape index (κ3) is 4.12. The predicted molar refractivity (Wildman–Crippen MR) is 92.8 cm³/mol. The van der Waals surface area contributed by atoms with E-state index in [1.807, 2.05) is 24.2 Å². The summed E-state index contributed by atoms with van der Waals surface area (Å²) in [5, 5.41) is 0. The van der Waals surface area contributed by atoms with Crippen LogP contribution in [0.5, 0.6) is 0 Å². The molecule has 0 spiro atoms. The molecule has 0 aromatic carbocycles. The molecule has 2 heterocycles. The van der Waals surface area contributed by atoms with Crippen molar-refractivity contribution in [2.45, 2.75) is 45.1 Å². The zero-order valence-corrected chi connectivity index (χ0v) is 15.2. The molecule has 0 atom stereocenters. The molecule has 0 bridgehead atoms. The maximum Gasteiger partial charge on any atom is 0.319 e. The van der Waals surface area contributed by atoms with E-state index in [9.17, 15) is 4.79 Å². The van der Waals surface area contributed by atoms with Crippen LogP contribution in [0, 0.1) is 0 Å². The standard InChI is InChI=1S/C17H29N5O/c1-17(2,3)15-18-10-7-14(19-15)22-11-8-13(9-12-22)21(6)16(23)20(4)5/h7,10,13H,8-9,11-12H2,1-6H3. The van der Waals surface area contributed by atoms with Gasteiger partial charge in [0.25, 0.3) is 0 Å². The predicted octanol–water partition coefficient (Wildman–Crippen LogP) is 2.36. The lowest BCUT2D eigenvalue weighted by molar-refractivity contribution is 0.155. The van der Waals surface area contributed by atoms with Gasteiger partial charge >= 0.3 is 6.03 Å². The van der Waals surface area contributed by atoms with Crippen LogP contribution in [-0.4, -0.2) is 66.1 Å². The number of aromatic nitrogens is 2. The van der Waals surface area contributed by atoms with Crippen molar-refractivity contribution in [3.05, 3.63) is 18.1 Å². The van der Waals surface area contributed by atoms with E-state index in [0.29, 0.717) is 6.04 Å². The van der Waals surface area contributed by atoms with E-state index >= 15 is 0 Å². The van der Waals surface area contributed by atoms with Crippen LogP contribution in [0.3, 0.4) is 0 Å². The average Bonchev–Trinajstić information content (AvgIpc) is 2.53. The Hall–Kier alpha value is -1.85. The molecular weight excluding hydrogens is 290 g/mol. The van der Waals surface area contributed by atoms with Gasteiger partial charge in [0.2, 0.25) is 0 Å². The molecule has 0 N–H and O–H groups in total. The number of anilines is 1. The highest BCUT2D eigenvalue weighted by atomic mass is 16.2. The molecule has 6 nitrogen and oxygen atoms in total. The van der Waals surface area contributed by atoms with Crippen molar-refractivity contribution in [3.63, 3.8) is 0 Å². The van der Waals surface area contributed by atoms with E-state index in [0.717, 1.165) is 37.6 Å². The second-order valence-corrected chi connectivity index (χ2v) is 7.49. The van der Waals surface area contributed by atoms with Gasteiger partial charge in [-0.15, -0.1) is 0 Å². The van der Waals surface area contributed by atoms with Crippen LogP contribution >= 0.6 is 0 Å². The van der Waals surface area contributed by atoms with Crippen molar-refractivity contribution in [1.82, 2.24) is 19.8 Å². The lowest BCUT2D eigenvalue weighted by Gasteiger charge is -2.38. The van der Waals surface area contributed by atoms with Crippen LogP contribution in [0.25, 0.3) is 0 Å². The molecule has 0 saturated carbocycles. The minimum Gasteiger partial charge on any atom is -0.356 e. The zero-order chi connectivity index (χ0) is 17.2. The first-order valence-corrected chi connectivity index (χ1v) is 8.22. The van der Waals surface area contributed by atoms with Crippen molar-refractivity contribution in [2.24, 2.45) is 0 Å². The number of piperidine rings is 1. The van der Waals surface area contributed by atoms with E-state index in [2.05, 4.69) is 30.7 Å². The van der Waals surface area contributed by atoms with Crippen LogP contribution in [0.1, 0.15) is 39.4 Å². The number of amides is 2. The SMILES string of the molecule is CN(C)C(=O)N(C)C1CCN(c2ccnc(C(C)(C)C)n2)CC1. The summed E-state index contributed by atoms with van der Waals surface area (Å²) < 4.78 is 0. The first-order valence-electron chi connectivity index (χ1n) is 8.22. The van der Waals surface area contributed by atoms with Crippen LogP contribution in [0.2, 0.25) is 0 Å². The number of nitrogens with zero attached hydrogens (tertiary/aromatic N) is 5. The van der Waals surface area contributed by atoms with E-state index in [1.165, 1.54) is 0 Å². The van der Waals surface area contributed by atoms with E-state index < -0.39 is 0 Å². The summed E-state index contributed by atoms with van der Waals surface area (Å²) in [5.74, 6) is 1.86. The topological polar surface area (TPSA) is 52.6 Å². The van der Waals surface area contributed by atoms with Crippen LogP contribution in [0.4, 0.5) is 10.6 Å². The lowest BCUT2D eigenvalue weighted by atomic mass is 9.96. The second-order valence-electron chi connectivity index (χ2n) is 7.49. The Labute approximate surface area is 139 Å². The molecular formula is C17H29N5O. The number of carbonyl (C=O) groups excluding carboxylic acids is 1. The smallest absolute Gasteiger partial charge is 0.319 e. The fraction of sp³-hybridized carbons (Fsp3) is 0.706. The molecule has 1 fully saturated rings. The normalized spacial score (nSPS) is 16.3. The van der Waals surface area contributed by atoms with E-state index in [-0.39, 0.29) is 11.4 Å². The average molecular weight is 319 g/mol. The highest BCUT2D eigenvalue weighted by Gasteiger charge is 2.27. The van der Waals surface area contributed by atoms with Gasteiger partial charge in [0.15, 0.2) is 0 Å². The van der Waals surface area contributed by atoms with Gasteiger partial charge in [-0.05, 0) is 18.9 Å². The van der Waals surface area contributed by atoms with E-state index in [4.69, 9.17) is 4.98 Å². The number of urea groups is 1. The molecule has 0 radical (unpaired) electrons. The van der Waals surface area contributed by atoms with E-state index in [1.54, 1.807) is 19.0 Å². The molecule has 0 aliphatic carbocycles. The Balaban J connectivity index is 2.01. The van der Waals surface area contributed by atoms with Crippen molar-refractivity contribution in [2.75, 3.05) is 39.1 Å². The molecule has 1 saturated heterocycles. The van der Waals surface area contributed by atoms with Crippen LogP contribution in [0.15, 0.2) is 12.3 Å². The summed E-state index contributed by atoms with van der Waals surface area (Å²) >= 11 is 0. The van der Waals surface area contributed by atoms with Crippen LogP contribution in [-0.2, 0) is 5.41 Å². The molecule has 2 amide bonds. The maximum atomic E-state index is 12.1. The van der Waals surface area contributed by atoms with Gasteiger partial charge in [-0.3, -0.25) is 0 Å².